The van der Waals surface area contributed by atoms with Crippen molar-refractivity contribution in [2.45, 2.75) is 11.3 Å². The Kier molecular flexibility index (Phi) is 3.41. The fourth-order valence-electron chi connectivity index (χ4n) is 1.52. The van der Waals surface area contributed by atoms with E-state index in [2.05, 4.69) is 20.9 Å². The van der Waals surface area contributed by atoms with Crippen LogP contribution >= 0.6 is 15.9 Å². The van der Waals surface area contributed by atoms with Gasteiger partial charge in [0, 0.05) is 30.0 Å². The summed E-state index contributed by atoms with van der Waals surface area (Å²) >= 11 is 3.22. The molecule has 0 atom stereocenters. The lowest BCUT2D eigenvalue weighted by molar-refractivity contribution is 0.437. The summed E-state index contributed by atoms with van der Waals surface area (Å²) in [4.78, 5) is 4.11. The van der Waals surface area contributed by atoms with Gasteiger partial charge in [-0.2, -0.15) is 4.31 Å². The van der Waals surface area contributed by atoms with Crippen molar-refractivity contribution < 1.29 is 8.42 Å². The highest BCUT2D eigenvalue weighted by molar-refractivity contribution is 9.10. The fraction of sp³-hybridized carbons (Fsp3) is 0.300. The first-order valence-corrected chi connectivity index (χ1v) is 7.10. The van der Waals surface area contributed by atoms with Crippen LogP contribution in [-0.4, -0.2) is 30.8 Å². The van der Waals surface area contributed by atoms with E-state index in [1.54, 1.807) is 12.3 Å². The Balaban J connectivity index is 2.35. The van der Waals surface area contributed by atoms with E-state index < -0.39 is 10.0 Å². The van der Waals surface area contributed by atoms with Crippen LogP contribution in [0.4, 0.5) is 0 Å². The Labute approximate surface area is 103 Å². The summed E-state index contributed by atoms with van der Waals surface area (Å²) in [7, 11) is -3.39. The monoisotopic (exact) mass is 302 g/mol. The Morgan fingerprint density at radius 2 is 2.12 bits per heavy atom. The van der Waals surface area contributed by atoms with Crippen molar-refractivity contribution in [3.05, 3.63) is 35.1 Å². The zero-order valence-electron chi connectivity index (χ0n) is 8.51. The first-order chi connectivity index (χ1) is 7.60. The molecule has 0 fully saturated rings. The van der Waals surface area contributed by atoms with Gasteiger partial charge >= 0.3 is 0 Å². The second kappa shape index (κ2) is 4.65. The second-order valence-electron chi connectivity index (χ2n) is 3.46. The maximum Gasteiger partial charge on any atom is 0.244 e. The lowest BCUT2D eigenvalue weighted by Crippen LogP contribution is -2.33. The van der Waals surface area contributed by atoms with Gasteiger partial charge in [-0.25, -0.2) is 8.42 Å². The molecule has 0 saturated heterocycles. The van der Waals surface area contributed by atoms with Crippen molar-refractivity contribution >= 4 is 26.0 Å². The highest BCUT2D eigenvalue weighted by Gasteiger charge is 2.24. The van der Waals surface area contributed by atoms with Gasteiger partial charge < -0.3 is 0 Å². The third-order valence-corrected chi connectivity index (χ3v) is 4.60. The molecule has 2 heterocycles. The average molecular weight is 303 g/mol. The van der Waals surface area contributed by atoms with Crippen molar-refractivity contribution in [1.29, 1.82) is 0 Å². The van der Waals surface area contributed by atoms with Gasteiger partial charge in [0.15, 0.2) is 0 Å². The van der Waals surface area contributed by atoms with Gasteiger partial charge in [0.1, 0.15) is 4.90 Å². The zero-order chi connectivity index (χ0) is 11.6. The van der Waals surface area contributed by atoms with Gasteiger partial charge in [-0.05, 0) is 28.4 Å². The van der Waals surface area contributed by atoms with E-state index in [4.69, 9.17) is 0 Å². The average Bonchev–Trinajstić information content (AvgIpc) is 2.30. The molecule has 1 aliphatic rings. The molecule has 6 heteroatoms. The van der Waals surface area contributed by atoms with Crippen molar-refractivity contribution in [2.24, 2.45) is 0 Å². The van der Waals surface area contributed by atoms with Crippen molar-refractivity contribution in [2.75, 3.05) is 13.1 Å². The van der Waals surface area contributed by atoms with Gasteiger partial charge in [0.25, 0.3) is 0 Å². The number of sulfonamides is 1. The molecule has 0 N–H and O–H groups in total. The number of aromatic nitrogens is 1. The third kappa shape index (κ3) is 2.34. The molecule has 0 saturated carbocycles. The van der Waals surface area contributed by atoms with Crippen molar-refractivity contribution in [3.8, 4) is 0 Å². The molecule has 4 nitrogen and oxygen atoms in total. The minimum atomic E-state index is -3.39. The lowest BCUT2D eigenvalue weighted by Gasteiger charge is -2.22. The largest absolute Gasteiger partial charge is 0.262 e. The summed E-state index contributed by atoms with van der Waals surface area (Å²) in [6.07, 6.45) is 7.56. The minimum absolute atomic E-state index is 0.233. The standard InChI is InChI=1S/C10H11BrN2O2S/c11-9-6-10(8-12-7-9)16(14,15)13-4-2-1-3-5-13/h1-2,6-8H,3-5H2. The first kappa shape index (κ1) is 11.8. The zero-order valence-corrected chi connectivity index (χ0v) is 10.9. The number of nitrogens with zero attached hydrogens (tertiary/aromatic N) is 2. The molecule has 16 heavy (non-hydrogen) atoms. The number of pyridine rings is 1. The lowest BCUT2D eigenvalue weighted by atomic mass is 10.3. The Morgan fingerprint density at radius 3 is 2.75 bits per heavy atom. The Morgan fingerprint density at radius 1 is 1.31 bits per heavy atom. The molecule has 86 valence electrons. The van der Waals surface area contributed by atoms with Crippen LogP contribution < -0.4 is 0 Å². The highest BCUT2D eigenvalue weighted by atomic mass is 79.9. The predicted octanol–water partition coefficient (Wildman–Crippen LogP) is 1.79. The minimum Gasteiger partial charge on any atom is -0.262 e. The third-order valence-electron chi connectivity index (χ3n) is 2.34. The van der Waals surface area contributed by atoms with E-state index in [0.717, 1.165) is 6.42 Å². The smallest absolute Gasteiger partial charge is 0.244 e. The van der Waals surface area contributed by atoms with E-state index in [9.17, 15) is 8.42 Å². The van der Waals surface area contributed by atoms with E-state index >= 15 is 0 Å². The number of hydrogen-bond acceptors (Lipinski definition) is 3. The highest BCUT2D eigenvalue weighted by Crippen LogP contribution is 2.20. The van der Waals surface area contributed by atoms with Gasteiger partial charge in [0.2, 0.25) is 10.0 Å². The SMILES string of the molecule is O=S(=O)(c1cncc(Br)c1)N1CC=CCC1. The quantitative estimate of drug-likeness (QED) is 0.783. The molecule has 2 rings (SSSR count). The molecular formula is C10H11BrN2O2S. The summed E-state index contributed by atoms with van der Waals surface area (Å²) < 4.78 is 26.5. The van der Waals surface area contributed by atoms with E-state index in [0.29, 0.717) is 17.6 Å². The molecule has 1 aromatic heterocycles. The van der Waals surface area contributed by atoms with Gasteiger partial charge in [-0.3, -0.25) is 4.98 Å². The van der Waals surface area contributed by atoms with Crippen LogP contribution in [0.3, 0.4) is 0 Å². The van der Waals surface area contributed by atoms with Crippen LogP contribution in [0, 0.1) is 0 Å². The van der Waals surface area contributed by atoms with E-state index in [1.807, 2.05) is 12.2 Å². The van der Waals surface area contributed by atoms with Gasteiger partial charge in [-0.1, -0.05) is 12.2 Å². The van der Waals surface area contributed by atoms with Crippen LogP contribution in [0.1, 0.15) is 6.42 Å². The fourth-order valence-corrected chi connectivity index (χ4v) is 3.43. The molecule has 0 aliphatic carbocycles. The Hall–Kier alpha value is -0.720. The topological polar surface area (TPSA) is 50.3 Å². The van der Waals surface area contributed by atoms with Crippen molar-refractivity contribution in [3.63, 3.8) is 0 Å². The summed E-state index contributed by atoms with van der Waals surface area (Å²) in [5.41, 5.74) is 0. The molecule has 0 spiro atoms. The molecule has 0 radical (unpaired) electrons. The molecular weight excluding hydrogens is 292 g/mol. The Bertz CT molecular complexity index is 513. The summed E-state index contributed by atoms with van der Waals surface area (Å²) in [5, 5.41) is 0. The molecule has 0 unspecified atom stereocenters. The molecule has 0 amide bonds. The summed E-state index contributed by atoms with van der Waals surface area (Å²) in [6, 6.07) is 1.57. The predicted molar refractivity (Wildman–Crippen MR) is 64.5 cm³/mol. The normalized spacial score (nSPS) is 17.6. The van der Waals surface area contributed by atoms with E-state index in [-0.39, 0.29) is 4.90 Å². The maximum atomic E-state index is 12.2. The van der Waals surface area contributed by atoms with Crippen LogP contribution in [0.15, 0.2) is 40.0 Å². The van der Waals surface area contributed by atoms with Gasteiger partial charge in [-0.15, -0.1) is 0 Å². The first-order valence-electron chi connectivity index (χ1n) is 4.86. The van der Waals surface area contributed by atoms with Crippen LogP contribution in [0.5, 0.6) is 0 Å². The summed E-state index contributed by atoms with van der Waals surface area (Å²) in [5.74, 6) is 0. The maximum absolute atomic E-state index is 12.2. The second-order valence-corrected chi connectivity index (χ2v) is 6.32. The van der Waals surface area contributed by atoms with Crippen LogP contribution in [0.2, 0.25) is 0 Å². The van der Waals surface area contributed by atoms with Crippen molar-refractivity contribution in [1.82, 2.24) is 9.29 Å². The molecule has 0 bridgehead atoms. The number of halogens is 1. The van der Waals surface area contributed by atoms with E-state index in [1.165, 1.54) is 10.5 Å². The van der Waals surface area contributed by atoms with Gasteiger partial charge in [0.05, 0.1) is 0 Å². The molecule has 0 aromatic carbocycles. The number of hydrogen-bond donors (Lipinski definition) is 0. The van der Waals surface area contributed by atoms with Crippen LogP contribution in [0.25, 0.3) is 0 Å². The number of rotatable bonds is 2. The molecule has 1 aliphatic heterocycles. The summed E-state index contributed by atoms with van der Waals surface area (Å²) in [6.45, 7) is 0.972. The van der Waals surface area contributed by atoms with Crippen LogP contribution in [-0.2, 0) is 10.0 Å². The molecule has 1 aromatic rings.